The zero-order valence-electron chi connectivity index (χ0n) is 12.4. The molecule has 3 nitrogen and oxygen atoms in total. The minimum Gasteiger partial charge on any atom is -0.353 e. The van der Waals surface area contributed by atoms with Crippen LogP contribution in [0.5, 0.6) is 0 Å². The molecule has 1 aromatic heterocycles. The Kier molecular flexibility index (Phi) is 3.45. The van der Waals surface area contributed by atoms with Crippen LogP contribution in [0.3, 0.4) is 0 Å². The number of hydrogen-bond donors (Lipinski definition) is 1. The molecule has 1 N–H and O–H groups in total. The van der Waals surface area contributed by atoms with Crippen LogP contribution in [0.25, 0.3) is 0 Å². The molecule has 3 heteroatoms. The zero-order valence-corrected chi connectivity index (χ0v) is 12.4. The van der Waals surface area contributed by atoms with Crippen molar-refractivity contribution < 1.29 is 0 Å². The van der Waals surface area contributed by atoms with Gasteiger partial charge in [-0.05, 0) is 49.9 Å². The van der Waals surface area contributed by atoms with E-state index in [0.717, 1.165) is 23.7 Å². The van der Waals surface area contributed by atoms with E-state index in [-0.39, 0.29) is 0 Å². The van der Waals surface area contributed by atoms with E-state index in [2.05, 4.69) is 21.1 Å². The first kappa shape index (κ1) is 12.7. The van der Waals surface area contributed by atoms with E-state index in [1.807, 2.05) is 6.20 Å². The van der Waals surface area contributed by atoms with Crippen molar-refractivity contribution in [1.82, 2.24) is 9.55 Å². The molecular weight excluding hydrogens is 246 g/mol. The lowest BCUT2D eigenvalue weighted by Crippen LogP contribution is -2.25. The van der Waals surface area contributed by atoms with Crippen LogP contribution >= 0.6 is 0 Å². The van der Waals surface area contributed by atoms with Crippen molar-refractivity contribution in [2.45, 2.75) is 70.4 Å². The molecule has 4 rings (SSSR count). The van der Waals surface area contributed by atoms with Gasteiger partial charge in [0.1, 0.15) is 0 Å². The van der Waals surface area contributed by atoms with E-state index in [0.29, 0.717) is 6.04 Å². The summed E-state index contributed by atoms with van der Waals surface area (Å²) in [5.74, 6) is 4.09. The Morgan fingerprint density at radius 1 is 1.10 bits per heavy atom. The fourth-order valence-corrected chi connectivity index (χ4v) is 4.88. The third-order valence-electron chi connectivity index (χ3n) is 5.97. The molecule has 0 aromatic carbocycles. The third kappa shape index (κ3) is 2.47. The summed E-state index contributed by atoms with van der Waals surface area (Å²) in [6, 6.07) is 0.657. The summed E-state index contributed by atoms with van der Waals surface area (Å²) in [6.45, 7) is 1.19. The van der Waals surface area contributed by atoms with Gasteiger partial charge in [-0.2, -0.15) is 0 Å². The molecule has 1 aromatic rings. The van der Waals surface area contributed by atoms with Gasteiger partial charge in [0.25, 0.3) is 0 Å². The van der Waals surface area contributed by atoms with Crippen LogP contribution in [0.4, 0.5) is 5.95 Å². The molecule has 3 unspecified atom stereocenters. The van der Waals surface area contributed by atoms with Gasteiger partial charge in [-0.25, -0.2) is 4.98 Å². The highest BCUT2D eigenvalue weighted by molar-refractivity contribution is 5.28. The highest BCUT2D eigenvalue weighted by Gasteiger charge is 2.39. The van der Waals surface area contributed by atoms with Crippen molar-refractivity contribution in [2.24, 2.45) is 17.8 Å². The lowest BCUT2D eigenvalue weighted by atomic mass is 9.89. The summed E-state index contributed by atoms with van der Waals surface area (Å²) in [5, 5.41) is 3.70. The van der Waals surface area contributed by atoms with Gasteiger partial charge < -0.3 is 9.88 Å². The van der Waals surface area contributed by atoms with E-state index in [1.165, 1.54) is 64.3 Å². The highest BCUT2D eigenvalue weighted by Crippen LogP contribution is 2.49. The Bertz CT molecular complexity index is 447. The summed E-state index contributed by atoms with van der Waals surface area (Å²) in [7, 11) is 0. The Morgan fingerprint density at radius 2 is 2.00 bits per heavy atom. The van der Waals surface area contributed by atoms with Crippen LogP contribution in [0, 0.1) is 17.8 Å². The fourth-order valence-electron chi connectivity index (χ4n) is 4.88. The zero-order chi connectivity index (χ0) is 13.4. The van der Waals surface area contributed by atoms with Crippen molar-refractivity contribution in [2.75, 3.05) is 5.32 Å². The van der Waals surface area contributed by atoms with Crippen LogP contribution in [-0.4, -0.2) is 15.6 Å². The van der Waals surface area contributed by atoms with Gasteiger partial charge in [0, 0.05) is 25.0 Å². The molecule has 3 aliphatic rings. The maximum absolute atomic E-state index is 4.57. The first-order valence-corrected chi connectivity index (χ1v) is 8.66. The summed E-state index contributed by atoms with van der Waals surface area (Å²) < 4.78 is 2.39. The summed E-state index contributed by atoms with van der Waals surface area (Å²) in [5.41, 5.74) is 0. The molecule has 3 saturated carbocycles. The van der Waals surface area contributed by atoms with Crippen LogP contribution in [0.1, 0.15) is 57.8 Å². The Hall–Kier alpha value is -0.990. The summed E-state index contributed by atoms with van der Waals surface area (Å²) >= 11 is 0. The second kappa shape index (κ2) is 5.42. The maximum atomic E-state index is 4.57. The van der Waals surface area contributed by atoms with E-state index in [4.69, 9.17) is 0 Å². The lowest BCUT2D eigenvalue weighted by Gasteiger charge is -2.26. The molecule has 20 heavy (non-hydrogen) atoms. The van der Waals surface area contributed by atoms with Crippen molar-refractivity contribution in [3.05, 3.63) is 12.4 Å². The SMILES string of the molecule is c1cn(CC2CC3CCC2C3)c(NC2CCCCC2)n1. The normalized spacial score (nSPS) is 33.7. The second-order valence-electron chi connectivity index (χ2n) is 7.32. The van der Waals surface area contributed by atoms with Crippen molar-refractivity contribution in [1.29, 1.82) is 0 Å². The molecule has 0 aliphatic heterocycles. The molecule has 110 valence electrons. The molecule has 3 atom stereocenters. The predicted octanol–water partition coefficient (Wildman–Crippen LogP) is 4.06. The largest absolute Gasteiger partial charge is 0.353 e. The van der Waals surface area contributed by atoms with Gasteiger partial charge in [-0.3, -0.25) is 0 Å². The number of nitrogens with zero attached hydrogens (tertiary/aromatic N) is 2. The Balaban J connectivity index is 1.40. The van der Waals surface area contributed by atoms with Crippen molar-refractivity contribution >= 4 is 5.95 Å². The number of fused-ring (bicyclic) bond motifs is 2. The number of hydrogen-bond acceptors (Lipinski definition) is 2. The van der Waals surface area contributed by atoms with Crippen molar-refractivity contribution in [3.63, 3.8) is 0 Å². The number of nitrogens with one attached hydrogen (secondary N) is 1. The first-order chi connectivity index (χ1) is 9.88. The van der Waals surface area contributed by atoms with Crippen LogP contribution in [0.15, 0.2) is 12.4 Å². The molecule has 0 spiro atoms. The van der Waals surface area contributed by atoms with Gasteiger partial charge in [0.15, 0.2) is 0 Å². The number of imidazole rings is 1. The molecule has 0 saturated heterocycles. The number of anilines is 1. The fraction of sp³-hybridized carbons (Fsp3) is 0.824. The predicted molar refractivity (Wildman–Crippen MR) is 81.7 cm³/mol. The van der Waals surface area contributed by atoms with Crippen molar-refractivity contribution in [3.8, 4) is 0 Å². The van der Waals surface area contributed by atoms with Crippen LogP contribution < -0.4 is 5.32 Å². The molecule has 0 amide bonds. The number of aromatic nitrogens is 2. The van der Waals surface area contributed by atoms with E-state index in [9.17, 15) is 0 Å². The number of rotatable bonds is 4. The van der Waals surface area contributed by atoms with Crippen LogP contribution in [-0.2, 0) is 6.54 Å². The topological polar surface area (TPSA) is 29.9 Å². The first-order valence-electron chi connectivity index (χ1n) is 8.66. The average molecular weight is 273 g/mol. The summed E-state index contributed by atoms with van der Waals surface area (Å²) in [4.78, 5) is 4.57. The van der Waals surface area contributed by atoms with E-state index < -0.39 is 0 Å². The third-order valence-corrected chi connectivity index (χ3v) is 5.97. The minimum atomic E-state index is 0.657. The average Bonchev–Trinajstić information content (AvgIpc) is 3.18. The smallest absolute Gasteiger partial charge is 0.202 e. The van der Waals surface area contributed by atoms with Crippen LogP contribution in [0.2, 0.25) is 0 Å². The summed E-state index contributed by atoms with van der Waals surface area (Å²) in [6.07, 6.45) is 16.9. The maximum Gasteiger partial charge on any atom is 0.202 e. The highest BCUT2D eigenvalue weighted by atomic mass is 15.2. The molecule has 0 radical (unpaired) electrons. The molecule has 3 fully saturated rings. The van der Waals surface area contributed by atoms with Gasteiger partial charge in [-0.15, -0.1) is 0 Å². The molecular formula is C17H27N3. The Morgan fingerprint density at radius 3 is 2.75 bits per heavy atom. The quantitative estimate of drug-likeness (QED) is 0.896. The molecule has 3 aliphatic carbocycles. The van der Waals surface area contributed by atoms with Gasteiger partial charge in [0.2, 0.25) is 5.95 Å². The standard InChI is InChI=1S/C17H27N3/c1-2-4-16(5-3-1)19-17-18-8-9-20(17)12-15-11-13-6-7-14(15)10-13/h8-9,13-16H,1-7,10-12H2,(H,18,19). The van der Waals surface area contributed by atoms with E-state index >= 15 is 0 Å². The van der Waals surface area contributed by atoms with Gasteiger partial charge in [0.05, 0.1) is 0 Å². The Labute approximate surface area is 122 Å². The monoisotopic (exact) mass is 273 g/mol. The second-order valence-corrected chi connectivity index (χ2v) is 7.32. The van der Waals surface area contributed by atoms with Gasteiger partial charge >= 0.3 is 0 Å². The molecule has 1 heterocycles. The van der Waals surface area contributed by atoms with Gasteiger partial charge in [-0.1, -0.05) is 25.7 Å². The molecule has 2 bridgehead atoms. The minimum absolute atomic E-state index is 0.657. The van der Waals surface area contributed by atoms with E-state index in [1.54, 1.807) is 0 Å². The lowest BCUT2D eigenvalue weighted by molar-refractivity contribution is 0.296.